The van der Waals surface area contributed by atoms with Crippen LogP contribution in [-0.4, -0.2) is 5.11 Å². The van der Waals surface area contributed by atoms with Gasteiger partial charge in [-0.25, -0.2) is 0 Å². The van der Waals surface area contributed by atoms with Crippen LogP contribution >= 0.6 is 0 Å². The molecule has 2 atom stereocenters. The van der Waals surface area contributed by atoms with Gasteiger partial charge in [-0.2, -0.15) is 0 Å². The summed E-state index contributed by atoms with van der Waals surface area (Å²) in [5.74, 6) is 0.525. The third-order valence-corrected chi connectivity index (χ3v) is 3.74. The van der Waals surface area contributed by atoms with Gasteiger partial charge in [0.15, 0.2) is 0 Å². The maximum Gasteiger partial charge on any atom is 0.0792 e. The normalized spacial score (nSPS) is 15.2. The predicted octanol–water partition coefficient (Wildman–Crippen LogP) is 5.34. The summed E-state index contributed by atoms with van der Waals surface area (Å²) in [5, 5.41) is 12.9. The largest absolute Gasteiger partial charge is 0.388 e. The Morgan fingerprint density at radius 2 is 1.65 bits per heavy atom. The fraction of sp³-hybridized carbons (Fsp3) is 0.474. The first-order valence-electron chi connectivity index (χ1n) is 7.52. The monoisotopic (exact) mass is 270 g/mol. The van der Waals surface area contributed by atoms with Crippen molar-refractivity contribution >= 4 is 10.8 Å². The smallest absolute Gasteiger partial charge is 0.0792 e. The van der Waals surface area contributed by atoms with Crippen LogP contribution in [-0.2, 0) is 0 Å². The van der Waals surface area contributed by atoms with Crippen LogP contribution in [0.15, 0.2) is 42.5 Å². The summed E-state index contributed by atoms with van der Waals surface area (Å²) in [6.07, 6.45) is 1.60. The molecule has 20 heavy (non-hydrogen) atoms. The number of benzene rings is 2. The van der Waals surface area contributed by atoms with Gasteiger partial charge in [-0.05, 0) is 46.6 Å². The Morgan fingerprint density at radius 1 is 1.00 bits per heavy atom. The van der Waals surface area contributed by atoms with E-state index >= 15 is 0 Å². The van der Waals surface area contributed by atoms with Crippen LogP contribution in [0.2, 0.25) is 0 Å². The van der Waals surface area contributed by atoms with E-state index in [1.54, 1.807) is 0 Å². The highest BCUT2D eigenvalue weighted by molar-refractivity contribution is 5.83. The second-order valence-corrected chi connectivity index (χ2v) is 7.23. The topological polar surface area (TPSA) is 20.2 Å². The van der Waals surface area contributed by atoms with Gasteiger partial charge >= 0.3 is 0 Å². The van der Waals surface area contributed by atoms with E-state index in [0.717, 1.165) is 18.4 Å². The lowest BCUT2D eigenvalue weighted by Crippen LogP contribution is -2.13. The number of hydrogen-bond donors (Lipinski definition) is 1. The van der Waals surface area contributed by atoms with Crippen molar-refractivity contribution in [2.75, 3.05) is 0 Å². The molecule has 0 aromatic heterocycles. The van der Waals surface area contributed by atoms with Crippen molar-refractivity contribution < 1.29 is 5.11 Å². The molecule has 1 heteroatoms. The Bertz CT molecular complexity index is 565. The van der Waals surface area contributed by atoms with Gasteiger partial charge in [-0.15, -0.1) is 0 Å². The molecule has 0 heterocycles. The standard InChI is InChI=1S/C19H26O/c1-14(13-19(2,3)4)11-18(20)17-10-9-15-7-5-6-8-16(15)12-17/h5-10,12,14,18,20H,11,13H2,1-4H3. The Morgan fingerprint density at radius 3 is 2.30 bits per heavy atom. The van der Waals surface area contributed by atoms with E-state index in [4.69, 9.17) is 0 Å². The third kappa shape index (κ3) is 4.08. The highest BCUT2D eigenvalue weighted by Crippen LogP contribution is 2.31. The summed E-state index contributed by atoms with van der Waals surface area (Å²) in [6.45, 7) is 9.00. The first-order valence-corrected chi connectivity index (χ1v) is 7.52. The van der Waals surface area contributed by atoms with Crippen molar-refractivity contribution in [3.63, 3.8) is 0 Å². The molecule has 2 rings (SSSR count). The first-order chi connectivity index (χ1) is 9.35. The van der Waals surface area contributed by atoms with Gasteiger partial charge in [0.25, 0.3) is 0 Å². The van der Waals surface area contributed by atoms with Crippen molar-refractivity contribution in [1.82, 2.24) is 0 Å². The Balaban J connectivity index is 2.09. The van der Waals surface area contributed by atoms with E-state index < -0.39 is 0 Å². The van der Waals surface area contributed by atoms with Crippen LogP contribution in [0.3, 0.4) is 0 Å². The average Bonchev–Trinajstić information content (AvgIpc) is 2.35. The molecule has 0 bridgehead atoms. The van der Waals surface area contributed by atoms with E-state index in [0.29, 0.717) is 11.3 Å². The summed E-state index contributed by atoms with van der Waals surface area (Å²) >= 11 is 0. The molecule has 0 saturated carbocycles. The second kappa shape index (κ2) is 5.97. The zero-order valence-corrected chi connectivity index (χ0v) is 13.1. The van der Waals surface area contributed by atoms with Gasteiger partial charge in [0.05, 0.1) is 6.10 Å². The summed E-state index contributed by atoms with van der Waals surface area (Å²) in [7, 11) is 0. The fourth-order valence-electron chi connectivity index (χ4n) is 3.06. The van der Waals surface area contributed by atoms with E-state index in [2.05, 4.69) is 58.0 Å². The SMILES string of the molecule is CC(CC(O)c1ccc2ccccc2c1)CC(C)(C)C. The van der Waals surface area contributed by atoms with Crippen LogP contribution in [0.5, 0.6) is 0 Å². The molecule has 0 aliphatic heterocycles. The molecule has 0 aliphatic carbocycles. The van der Waals surface area contributed by atoms with Crippen LogP contribution in [0.1, 0.15) is 52.2 Å². The third-order valence-electron chi connectivity index (χ3n) is 3.74. The molecule has 0 aliphatic rings. The molecule has 2 aromatic carbocycles. The number of rotatable bonds is 4. The summed E-state index contributed by atoms with van der Waals surface area (Å²) in [6, 6.07) is 14.6. The molecule has 0 saturated heterocycles. The van der Waals surface area contributed by atoms with Gasteiger partial charge in [0.2, 0.25) is 0 Å². The fourth-order valence-corrected chi connectivity index (χ4v) is 3.06. The molecule has 0 fully saturated rings. The van der Waals surface area contributed by atoms with Gasteiger partial charge in [0, 0.05) is 0 Å². The highest BCUT2D eigenvalue weighted by Gasteiger charge is 2.19. The van der Waals surface area contributed by atoms with E-state index in [9.17, 15) is 5.11 Å². The van der Waals surface area contributed by atoms with Crippen molar-refractivity contribution in [2.24, 2.45) is 11.3 Å². The summed E-state index contributed by atoms with van der Waals surface area (Å²) in [5.41, 5.74) is 1.35. The Labute approximate surface area is 122 Å². The number of aliphatic hydroxyl groups excluding tert-OH is 1. The lowest BCUT2D eigenvalue weighted by molar-refractivity contribution is 0.134. The maximum absolute atomic E-state index is 10.4. The van der Waals surface area contributed by atoms with Crippen molar-refractivity contribution in [3.8, 4) is 0 Å². The minimum atomic E-state index is -0.364. The van der Waals surface area contributed by atoms with E-state index in [1.807, 2.05) is 12.1 Å². The van der Waals surface area contributed by atoms with Crippen LogP contribution in [0.25, 0.3) is 10.8 Å². The van der Waals surface area contributed by atoms with E-state index in [1.165, 1.54) is 10.8 Å². The summed E-state index contributed by atoms with van der Waals surface area (Å²) < 4.78 is 0. The van der Waals surface area contributed by atoms with Crippen LogP contribution in [0, 0.1) is 11.3 Å². The highest BCUT2D eigenvalue weighted by atomic mass is 16.3. The summed E-state index contributed by atoms with van der Waals surface area (Å²) in [4.78, 5) is 0. The first kappa shape index (κ1) is 15.1. The predicted molar refractivity (Wildman–Crippen MR) is 86.8 cm³/mol. The molecular formula is C19H26O. The number of hydrogen-bond acceptors (Lipinski definition) is 1. The van der Waals surface area contributed by atoms with Gasteiger partial charge in [0.1, 0.15) is 0 Å². The molecule has 0 spiro atoms. The molecule has 0 amide bonds. The average molecular weight is 270 g/mol. The molecule has 0 radical (unpaired) electrons. The molecule has 1 N–H and O–H groups in total. The molecule has 2 aromatic rings. The molecular weight excluding hydrogens is 244 g/mol. The number of fused-ring (bicyclic) bond motifs is 1. The Hall–Kier alpha value is -1.34. The minimum absolute atomic E-state index is 0.322. The van der Waals surface area contributed by atoms with Gasteiger partial charge in [-0.3, -0.25) is 0 Å². The quantitative estimate of drug-likeness (QED) is 0.795. The molecule has 108 valence electrons. The van der Waals surface area contributed by atoms with Crippen LogP contribution < -0.4 is 0 Å². The van der Waals surface area contributed by atoms with Crippen LogP contribution in [0.4, 0.5) is 0 Å². The maximum atomic E-state index is 10.4. The minimum Gasteiger partial charge on any atom is -0.388 e. The number of aliphatic hydroxyl groups is 1. The van der Waals surface area contributed by atoms with Gasteiger partial charge in [-0.1, -0.05) is 64.1 Å². The Kier molecular flexibility index (Phi) is 4.49. The molecule has 1 nitrogen and oxygen atoms in total. The molecule has 2 unspecified atom stereocenters. The lowest BCUT2D eigenvalue weighted by Gasteiger charge is -2.25. The van der Waals surface area contributed by atoms with Crippen molar-refractivity contribution in [3.05, 3.63) is 48.0 Å². The van der Waals surface area contributed by atoms with E-state index in [-0.39, 0.29) is 6.10 Å². The van der Waals surface area contributed by atoms with Gasteiger partial charge < -0.3 is 5.11 Å². The lowest BCUT2D eigenvalue weighted by atomic mass is 9.82. The van der Waals surface area contributed by atoms with Crippen molar-refractivity contribution in [2.45, 2.75) is 46.6 Å². The second-order valence-electron chi connectivity index (χ2n) is 7.23. The van der Waals surface area contributed by atoms with Crippen molar-refractivity contribution in [1.29, 1.82) is 0 Å². The zero-order chi connectivity index (χ0) is 14.8. The zero-order valence-electron chi connectivity index (χ0n) is 13.1.